The highest BCUT2D eigenvalue weighted by molar-refractivity contribution is 5.93. The normalized spacial score (nSPS) is 15.7. The molecule has 0 aliphatic carbocycles. The average molecular weight is 493 g/mol. The van der Waals surface area contributed by atoms with Crippen molar-refractivity contribution in [1.29, 1.82) is 0 Å². The third-order valence-corrected chi connectivity index (χ3v) is 6.41. The molecule has 6 nitrogen and oxygen atoms in total. The van der Waals surface area contributed by atoms with E-state index in [-0.39, 0.29) is 12.5 Å². The largest absolute Gasteiger partial charge is 0.489 e. The Labute approximate surface area is 216 Å². The van der Waals surface area contributed by atoms with E-state index in [1.165, 1.54) is 4.90 Å². The highest BCUT2D eigenvalue weighted by Gasteiger charge is 2.43. The molecule has 0 saturated carbocycles. The van der Waals surface area contributed by atoms with Gasteiger partial charge in [0.25, 0.3) is 0 Å². The third-order valence-electron chi connectivity index (χ3n) is 6.41. The van der Waals surface area contributed by atoms with Crippen LogP contribution in [0.5, 0.6) is 5.75 Å². The SMILES string of the molecule is N[C@H]1CN(C(C(=O)OC(c2ccccc2)c2ccccc2)c2ccc(OCc3ccccc3)cc2)C1=O. The standard InChI is InChI=1S/C31H28N2O4/c32-27-20-33(30(27)34)28(23-16-18-26(19-17-23)36-21-22-10-4-1-5-11-22)31(35)37-29(24-12-6-2-7-13-24)25-14-8-3-9-15-25/h1-19,27-29H,20-21,32H2/t27-,28?/m0/s1. The topological polar surface area (TPSA) is 81.9 Å². The number of nitrogens with zero attached hydrogens (tertiary/aromatic N) is 1. The summed E-state index contributed by atoms with van der Waals surface area (Å²) in [7, 11) is 0. The Morgan fingerprint density at radius 1 is 0.784 bits per heavy atom. The zero-order valence-electron chi connectivity index (χ0n) is 20.3. The van der Waals surface area contributed by atoms with Crippen molar-refractivity contribution >= 4 is 11.9 Å². The average Bonchev–Trinajstić information content (AvgIpc) is 2.96. The lowest BCUT2D eigenvalue weighted by Gasteiger charge is -2.41. The Hall–Kier alpha value is -4.42. The first-order valence-corrected chi connectivity index (χ1v) is 12.2. The van der Waals surface area contributed by atoms with Crippen LogP contribution in [-0.4, -0.2) is 29.4 Å². The number of ether oxygens (including phenoxy) is 2. The summed E-state index contributed by atoms with van der Waals surface area (Å²) in [5, 5.41) is 0. The van der Waals surface area contributed by atoms with Gasteiger partial charge in [-0.05, 0) is 34.4 Å². The molecule has 1 amide bonds. The Morgan fingerprint density at radius 2 is 1.32 bits per heavy atom. The van der Waals surface area contributed by atoms with Gasteiger partial charge in [-0.15, -0.1) is 0 Å². The second-order valence-corrected chi connectivity index (χ2v) is 8.98. The summed E-state index contributed by atoms with van der Waals surface area (Å²) in [6.45, 7) is 0.715. The Kier molecular flexibility index (Phi) is 7.28. The van der Waals surface area contributed by atoms with Crippen molar-refractivity contribution in [3.05, 3.63) is 138 Å². The van der Waals surface area contributed by atoms with Gasteiger partial charge in [-0.25, -0.2) is 4.79 Å². The van der Waals surface area contributed by atoms with E-state index in [4.69, 9.17) is 15.2 Å². The number of benzene rings is 4. The predicted octanol–water partition coefficient (Wildman–Crippen LogP) is 4.81. The van der Waals surface area contributed by atoms with Gasteiger partial charge in [0.1, 0.15) is 18.4 Å². The third kappa shape index (κ3) is 5.55. The minimum Gasteiger partial charge on any atom is -0.489 e. The zero-order valence-corrected chi connectivity index (χ0v) is 20.3. The van der Waals surface area contributed by atoms with Gasteiger partial charge in [-0.2, -0.15) is 0 Å². The molecule has 1 fully saturated rings. The van der Waals surface area contributed by atoms with Gasteiger partial charge in [0.2, 0.25) is 5.91 Å². The van der Waals surface area contributed by atoms with E-state index < -0.39 is 24.2 Å². The maximum absolute atomic E-state index is 13.7. The molecule has 0 radical (unpaired) electrons. The summed E-state index contributed by atoms with van der Waals surface area (Å²) in [5.74, 6) is -0.129. The molecule has 1 heterocycles. The fraction of sp³-hybridized carbons (Fsp3) is 0.161. The number of rotatable bonds is 9. The lowest BCUT2D eigenvalue weighted by Crippen LogP contribution is -2.63. The van der Waals surface area contributed by atoms with Gasteiger partial charge in [-0.1, -0.05) is 103 Å². The lowest BCUT2D eigenvalue weighted by atomic mass is 9.97. The van der Waals surface area contributed by atoms with Gasteiger partial charge < -0.3 is 20.1 Å². The quantitative estimate of drug-likeness (QED) is 0.268. The van der Waals surface area contributed by atoms with Crippen molar-refractivity contribution in [3.8, 4) is 5.75 Å². The number of carbonyl (C=O) groups excluding carboxylic acids is 2. The van der Waals surface area contributed by atoms with Crippen LogP contribution in [0.1, 0.15) is 34.4 Å². The maximum Gasteiger partial charge on any atom is 0.334 e. The van der Waals surface area contributed by atoms with Gasteiger partial charge in [0, 0.05) is 6.54 Å². The molecule has 0 bridgehead atoms. The van der Waals surface area contributed by atoms with Crippen molar-refractivity contribution in [1.82, 2.24) is 4.90 Å². The molecule has 1 aliphatic rings. The van der Waals surface area contributed by atoms with Crippen LogP contribution in [0.25, 0.3) is 0 Å². The summed E-state index contributed by atoms with van der Waals surface area (Å²) in [6.07, 6.45) is -0.615. The van der Waals surface area contributed by atoms with E-state index >= 15 is 0 Å². The molecule has 2 N–H and O–H groups in total. The van der Waals surface area contributed by atoms with E-state index in [0.29, 0.717) is 17.9 Å². The summed E-state index contributed by atoms with van der Waals surface area (Å²) in [6, 6.07) is 34.7. The van der Waals surface area contributed by atoms with Crippen LogP contribution in [0.15, 0.2) is 115 Å². The minimum atomic E-state index is -0.912. The molecule has 5 rings (SSSR count). The van der Waals surface area contributed by atoms with Crippen molar-refractivity contribution in [3.63, 3.8) is 0 Å². The molecule has 37 heavy (non-hydrogen) atoms. The predicted molar refractivity (Wildman–Crippen MR) is 140 cm³/mol. The fourth-order valence-corrected chi connectivity index (χ4v) is 4.41. The number of carbonyl (C=O) groups is 2. The first-order valence-electron chi connectivity index (χ1n) is 12.2. The molecule has 1 aliphatic heterocycles. The second-order valence-electron chi connectivity index (χ2n) is 8.98. The number of nitrogens with two attached hydrogens (primary N) is 1. The van der Waals surface area contributed by atoms with Gasteiger partial charge in [0.05, 0.1) is 0 Å². The van der Waals surface area contributed by atoms with Crippen LogP contribution in [0.2, 0.25) is 0 Å². The van der Waals surface area contributed by atoms with E-state index in [1.807, 2.05) is 91.0 Å². The summed E-state index contributed by atoms with van der Waals surface area (Å²) < 4.78 is 12.0. The van der Waals surface area contributed by atoms with E-state index in [2.05, 4.69) is 0 Å². The maximum atomic E-state index is 13.7. The molecule has 2 atom stereocenters. The van der Waals surface area contributed by atoms with Crippen LogP contribution in [-0.2, 0) is 20.9 Å². The van der Waals surface area contributed by atoms with E-state index in [0.717, 1.165) is 16.7 Å². The van der Waals surface area contributed by atoms with Crippen LogP contribution in [0, 0.1) is 0 Å². The molecule has 4 aromatic carbocycles. The van der Waals surface area contributed by atoms with Gasteiger partial charge >= 0.3 is 5.97 Å². The highest BCUT2D eigenvalue weighted by atomic mass is 16.5. The monoisotopic (exact) mass is 492 g/mol. The van der Waals surface area contributed by atoms with Gasteiger partial charge in [-0.3, -0.25) is 4.79 Å². The molecule has 0 spiro atoms. The fourth-order valence-electron chi connectivity index (χ4n) is 4.41. The van der Waals surface area contributed by atoms with Crippen LogP contribution >= 0.6 is 0 Å². The number of esters is 1. The van der Waals surface area contributed by atoms with Crippen molar-refractivity contribution in [2.45, 2.75) is 24.8 Å². The van der Waals surface area contributed by atoms with Crippen LogP contribution in [0.4, 0.5) is 0 Å². The summed E-state index contributed by atoms with van der Waals surface area (Å²) in [5.41, 5.74) is 9.25. The van der Waals surface area contributed by atoms with E-state index in [1.54, 1.807) is 24.3 Å². The molecule has 1 unspecified atom stereocenters. The summed E-state index contributed by atoms with van der Waals surface area (Å²) >= 11 is 0. The number of amides is 1. The lowest BCUT2D eigenvalue weighted by molar-refractivity contribution is -0.164. The highest BCUT2D eigenvalue weighted by Crippen LogP contribution is 2.33. The Bertz CT molecular complexity index is 1290. The van der Waals surface area contributed by atoms with E-state index in [9.17, 15) is 9.59 Å². The van der Waals surface area contributed by atoms with Crippen LogP contribution < -0.4 is 10.5 Å². The first-order chi connectivity index (χ1) is 18.1. The molecular weight excluding hydrogens is 464 g/mol. The molecule has 186 valence electrons. The number of hydrogen-bond acceptors (Lipinski definition) is 5. The molecule has 0 aromatic heterocycles. The number of hydrogen-bond donors (Lipinski definition) is 1. The molecule has 1 saturated heterocycles. The second kappa shape index (κ2) is 11.1. The molecular formula is C31H28N2O4. The van der Waals surface area contributed by atoms with Crippen LogP contribution in [0.3, 0.4) is 0 Å². The number of likely N-dealkylation sites (tertiary alicyclic amines) is 1. The van der Waals surface area contributed by atoms with Crippen molar-refractivity contribution in [2.24, 2.45) is 5.73 Å². The van der Waals surface area contributed by atoms with Crippen molar-refractivity contribution in [2.75, 3.05) is 6.54 Å². The molecule has 6 heteroatoms. The smallest absolute Gasteiger partial charge is 0.334 e. The Morgan fingerprint density at radius 3 is 1.84 bits per heavy atom. The Balaban J connectivity index is 1.39. The molecule has 4 aromatic rings. The zero-order chi connectivity index (χ0) is 25.6. The van der Waals surface area contributed by atoms with Crippen molar-refractivity contribution < 1.29 is 19.1 Å². The minimum absolute atomic E-state index is 0.276. The summed E-state index contributed by atoms with van der Waals surface area (Å²) in [4.78, 5) is 27.8. The first kappa shape index (κ1) is 24.3. The van der Waals surface area contributed by atoms with Gasteiger partial charge in [0.15, 0.2) is 12.1 Å². The number of β-lactam (4-membered cyclic amide) rings is 1.